The van der Waals surface area contributed by atoms with Gasteiger partial charge >= 0.3 is 35.5 Å². The van der Waals surface area contributed by atoms with Crippen molar-refractivity contribution in [2.24, 2.45) is 17.2 Å². The van der Waals surface area contributed by atoms with E-state index in [1.54, 1.807) is 0 Å². The average molecular weight is 173 g/mol. The van der Waals surface area contributed by atoms with E-state index in [-0.39, 0.29) is 31.0 Å². The third-order valence-corrected chi connectivity index (χ3v) is 0.556. The first kappa shape index (κ1) is 17.4. The second kappa shape index (κ2) is 13.0. The molecule has 0 spiro atoms. The summed E-state index contributed by atoms with van der Waals surface area (Å²) in [5.41, 5.74) is 14.6. The molecule has 1 atom stereocenters. The number of carboxylic acid groups (broad SMARTS) is 1. The maximum Gasteiger partial charge on any atom is 1.00 e. The molecule has 0 aliphatic carbocycles. The number of rotatable bonds is 2. The third kappa shape index (κ3) is 25.2. The Labute approximate surface area is 90.1 Å². The maximum atomic E-state index is 9.57. The molecule has 0 radical (unpaired) electrons. The molecule has 0 rings (SSSR count). The predicted molar refractivity (Wildman–Crippen MR) is 40.5 cm³/mol. The van der Waals surface area contributed by atoms with Gasteiger partial charge in [0.05, 0.1) is 0 Å². The van der Waals surface area contributed by atoms with Gasteiger partial charge in [0, 0.05) is 13.1 Å². The van der Waals surface area contributed by atoms with Crippen molar-refractivity contribution in [3.8, 4) is 0 Å². The molecule has 6 heteroatoms. The number of hydrogen-bond acceptors (Lipinski definition) is 4. The van der Waals surface area contributed by atoms with Gasteiger partial charge in [-0.2, -0.15) is 0 Å². The van der Waals surface area contributed by atoms with E-state index in [1.807, 2.05) is 0 Å². The molecule has 0 aromatic carbocycles. The summed E-state index contributed by atoms with van der Waals surface area (Å²) in [5.74, 6) is -0.963. The molecule has 0 aliphatic heterocycles. The first-order chi connectivity index (χ1) is 4.56. The van der Waals surface area contributed by atoms with Crippen LogP contribution < -0.4 is 46.8 Å². The van der Waals surface area contributed by atoms with Crippen LogP contribution in [0.4, 0.5) is 0 Å². The number of carboxylic acids is 1. The minimum absolute atomic E-state index is 0. The molecule has 0 aliphatic rings. The summed E-state index contributed by atoms with van der Waals surface area (Å²) in [4.78, 5) is 9.57. The predicted octanol–water partition coefficient (Wildman–Crippen LogP) is -4.56. The molecule has 64 valence electrons. The smallest absolute Gasteiger partial charge is 1.00 e. The monoisotopic (exact) mass is 173 g/mol. The molecule has 0 amide bonds. The molecular formula is C5H16N3NaO2. The molecule has 5 nitrogen and oxygen atoms in total. The summed E-state index contributed by atoms with van der Waals surface area (Å²) >= 11 is 0. The van der Waals surface area contributed by atoms with Gasteiger partial charge in [-0.1, -0.05) is 0 Å². The zero-order chi connectivity index (χ0) is 8.57. The topological polar surface area (TPSA) is 115 Å². The van der Waals surface area contributed by atoms with Crippen LogP contribution in [0.2, 0.25) is 0 Å². The van der Waals surface area contributed by atoms with E-state index < -0.39 is 12.0 Å². The molecule has 0 heterocycles. The molecule has 0 unspecified atom stereocenters. The molecule has 0 bridgehead atoms. The van der Waals surface area contributed by atoms with Crippen LogP contribution in [0.1, 0.15) is 8.35 Å². The van der Waals surface area contributed by atoms with E-state index in [0.29, 0.717) is 13.1 Å². The summed E-state index contributed by atoms with van der Waals surface area (Å²) in [6.07, 6.45) is 0. The fourth-order valence-corrected chi connectivity index (χ4v) is 0. The quantitative estimate of drug-likeness (QED) is 0.314. The molecular weight excluding hydrogens is 157 g/mol. The summed E-state index contributed by atoms with van der Waals surface area (Å²) in [6.45, 7) is 2.61. The third-order valence-electron chi connectivity index (χ3n) is 0.556. The Kier molecular flexibility index (Phi) is 20.6. The second-order valence-electron chi connectivity index (χ2n) is 1.70. The Morgan fingerprint density at radius 3 is 1.73 bits per heavy atom. The van der Waals surface area contributed by atoms with Gasteiger partial charge in [-0.15, -0.1) is 0 Å². The van der Waals surface area contributed by atoms with Crippen molar-refractivity contribution in [2.75, 3.05) is 13.1 Å². The van der Waals surface area contributed by atoms with Crippen LogP contribution in [0.25, 0.3) is 0 Å². The fraction of sp³-hybridized carbons (Fsp3) is 0.800. The number of hydrogen-bond donors (Lipinski definition) is 4. The van der Waals surface area contributed by atoms with E-state index in [4.69, 9.17) is 22.3 Å². The van der Waals surface area contributed by atoms with Gasteiger partial charge in [-0.3, -0.25) is 4.79 Å². The largest absolute Gasteiger partial charge is 1.00 e. The van der Waals surface area contributed by atoms with Gasteiger partial charge in [0.2, 0.25) is 0 Å². The molecule has 0 saturated heterocycles. The van der Waals surface area contributed by atoms with Crippen LogP contribution >= 0.6 is 0 Å². The SMILES string of the molecule is C[C@H](N)C(=O)O.NCCN.[H-].[Na+]. The van der Waals surface area contributed by atoms with Crippen molar-refractivity contribution in [3.63, 3.8) is 0 Å². The van der Waals surface area contributed by atoms with E-state index in [0.717, 1.165) is 0 Å². The van der Waals surface area contributed by atoms with Crippen molar-refractivity contribution in [3.05, 3.63) is 0 Å². The summed E-state index contributed by atoms with van der Waals surface area (Å²) in [6, 6.07) is -0.731. The van der Waals surface area contributed by atoms with Crippen LogP contribution in [0.5, 0.6) is 0 Å². The van der Waals surface area contributed by atoms with E-state index in [2.05, 4.69) is 0 Å². The van der Waals surface area contributed by atoms with E-state index in [9.17, 15) is 4.79 Å². The van der Waals surface area contributed by atoms with Gasteiger partial charge in [0.25, 0.3) is 0 Å². The van der Waals surface area contributed by atoms with Gasteiger partial charge in [0.15, 0.2) is 0 Å². The van der Waals surface area contributed by atoms with Gasteiger partial charge in [-0.05, 0) is 6.92 Å². The first-order valence-electron chi connectivity index (χ1n) is 2.94. The minimum atomic E-state index is -0.963. The first-order valence-corrected chi connectivity index (χ1v) is 2.94. The van der Waals surface area contributed by atoms with Gasteiger partial charge < -0.3 is 23.7 Å². The zero-order valence-electron chi connectivity index (χ0n) is 8.08. The molecule has 0 saturated carbocycles. The molecule has 11 heavy (non-hydrogen) atoms. The minimum Gasteiger partial charge on any atom is -1.00 e. The standard InChI is InChI=1S/C3H7NO2.C2H8N2.Na.H/c1-2(4)3(5)6;3-1-2-4;;/h2H,4H2,1H3,(H,5,6);1-4H2;;/q;;+1;-1/t2-;;;/m0.../s1. The summed E-state index contributed by atoms with van der Waals surface area (Å²) in [5, 5.41) is 7.87. The van der Waals surface area contributed by atoms with Crippen LogP contribution in [-0.2, 0) is 4.79 Å². The van der Waals surface area contributed by atoms with Crippen LogP contribution in [0.3, 0.4) is 0 Å². The molecule has 7 N–H and O–H groups in total. The number of nitrogens with two attached hydrogens (primary N) is 3. The second-order valence-corrected chi connectivity index (χ2v) is 1.70. The Morgan fingerprint density at radius 1 is 1.55 bits per heavy atom. The fourth-order valence-electron chi connectivity index (χ4n) is 0. The number of aliphatic carboxylic acids is 1. The van der Waals surface area contributed by atoms with E-state index >= 15 is 0 Å². The Balaban J connectivity index is -0.0000000483. The van der Waals surface area contributed by atoms with Crippen LogP contribution in [0, 0.1) is 0 Å². The van der Waals surface area contributed by atoms with Crippen molar-refractivity contribution >= 4 is 5.97 Å². The summed E-state index contributed by atoms with van der Waals surface area (Å²) in [7, 11) is 0. The van der Waals surface area contributed by atoms with Crippen LogP contribution in [0.15, 0.2) is 0 Å². The van der Waals surface area contributed by atoms with Crippen molar-refractivity contribution in [2.45, 2.75) is 13.0 Å². The Hall–Kier alpha value is 0.350. The molecule has 0 fully saturated rings. The average Bonchev–Trinajstić information content (AvgIpc) is 1.89. The molecule has 0 aromatic heterocycles. The zero-order valence-corrected chi connectivity index (χ0v) is 9.08. The van der Waals surface area contributed by atoms with E-state index in [1.165, 1.54) is 6.92 Å². The number of carbonyl (C=O) groups is 1. The van der Waals surface area contributed by atoms with Crippen molar-refractivity contribution in [1.29, 1.82) is 0 Å². The molecule has 0 aromatic rings. The Bertz CT molecular complexity index is 92.8. The summed E-state index contributed by atoms with van der Waals surface area (Å²) < 4.78 is 0. The van der Waals surface area contributed by atoms with Gasteiger partial charge in [-0.25, -0.2) is 0 Å². The van der Waals surface area contributed by atoms with Gasteiger partial charge in [0.1, 0.15) is 6.04 Å². The van der Waals surface area contributed by atoms with Crippen LogP contribution in [-0.4, -0.2) is 30.2 Å². The van der Waals surface area contributed by atoms with Crippen molar-refractivity contribution in [1.82, 2.24) is 0 Å². The van der Waals surface area contributed by atoms with Crippen molar-refractivity contribution < 1.29 is 40.9 Å². The normalized spacial score (nSPS) is 10.2. The Morgan fingerprint density at radius 2 is 1.73 bits per heavy atom. The maximum absolute atomic E-state index is 9.57.